The maximum Gasteiger partial charge on any atom is 0.325 e. The summed E-state index contributed by atoms with van der Waals surface area (Å²) in [6, 6.07) is -0.208. The lowest BCUT2D eigenvalue weighted by molar-refractivity contribution is -0.131. The zero-order chi connectivity index (χ0) is 14.0. The van der Waals surface area contributed by atoms with Crippen molar-refractivity contribution >= 4 is 11.9 Å². The number of nitrogens with one attached hydrogen (secondary N) is 2. The number of amides is 3. The summed E-state index contributed by atoms with van der Waals surface area (Å²) in [6.07, 6.45) is 5.12. The van der Waals surface area contributed by atoms with Gasteiger partial charge in [0.25, 0.3) is 5.91 Å². The number of piperidine rings is 1. The van der Waals surface area contributed by atoms with Crippen LogP contribution in [0.3, 0.4) is 0 Å². The normalized spacial score (nSPS) is 31.3. The van der Waals surface area contributed by atoms with E-state index in [0.717, 1.165) is 45.4 Å². The third kappa shape index (κ3) is 2.54. The van der Waals surface area contributed by atoms with E-state index in [4.69, 9.17) is 0 Å². The highest BCUT2D eigenvalue weighted by Crippen LogP contribution is 2.25. The minimum atomic E-state index is -0.664. The van der Waals surface area contributed by atoms with Crippen molar-refractivity contribution < 1.29 is 9.59 Å². The van der Waals surface area contributed by atoms with E-state index in [-0.39, 0.29) is 11.9 Å². The van der Waals surface area contributed by atoms with Crippen molar-refractivity contribution in [2.75, 3.05) is 39.3 Å². The number of carbonyl (C=O) groups excluding carboxylic acids is 2. The van der Waals surface area contributed by atoms with Crippen molar-refractivity contribution in [1.82, 2.24) is 20.4 Å². The van der Waals surface area contributed by atoms with Crippen LogP contribution >= 0.6 is 0 Å². The molecule has 0 aromatic heterocycles. The molecule has 3 aliphatic rings. The summed E-state index contributed by atoms with van der Waals surface area (Å²) in [4.78, 5) is 28.4. The second kappa shape index (κ2) is 5.69. The number of imide groups is 1. The van der Waals surface area contributed by atoms with E-state index in [0.29, 0.717) is 13.1 Å². The summed E-state index contributed by atoms with van der Waals surface area (Å²) >= 11 is 0. The minimum Gasteiger partial charge on any atom is -0.322 e. The third-order valence-electron chi connectivity index (χ3n) is 4.68. The van der Waals surface area contributed by atoms with Crippen molar-refractivity contribution in [2.45, 2.75) is 37.6 Å². The van der Waals surface area contributed by atoms with Crippen LogP contribution in [0.1, 0.15) is 32.1 Å². The van der Waals surface area contributed by atoms with Gasteiger partial charge >= 0.3 is 6.03 Å². The van der Waals surface area contributed by atoms with Gasteiger partial charge in [-0.1, -0.05) is 0 Å². The molecular weight excluding hydrogens is 256 g/mol. The molecule has 2 N–H and O–H groups in total. The molecule has 6 nitrogen and oxygen atoms in total. The van der Waals surface area contributed by atoms with Crippen molar-refractivity contribution in [3.8, 4) is 0 Å². The van der Waals surface area contributed by atoms with Crippen molar-refractivity contribution in [3.05, 3.63) is 0 Å². The quantitative estimate of drug-likeness (QED) is 0.719. The van der Waals surface area contributed by atoms with Crippen LogP contribution in [0.15, 0.2) is 0 Å². The molecule has 6 heteroatoms. The zero-order valence-corrected chi connectivity index (χ0v) is 12.0. The molecule has 1 unspecified atom stereocenters. The van der Waals surface area contributed by atoms with E-state index in [1.165, 1.54) is 17.7 Å². The molecule has 3 aliphatic heterocycles. The Balaban J connectivity index is 1.53. The highest BCUT2D eigenvalue weighted by molar-refractivity contribution is 6.07. The largest absolute Gasteiger partial charge is 0.325 e. The maximum absolute atomic E-state index is 12.5. The highest BCUT2D eigenvalue weighted by Gasteiger charge is 2.51. The Morgan fingerprint density at radius 3 is 2.60 bits per heavy atom. The maximum atomic E-state index is 12.5. The Labute approximate surface area is 119 Å². The van der Waals surface area contributed by atoms with E-state index < -0.39 is 5.54 Å². The highest BCUT2D eigenvalue weighted by atomic mass is 16.2. The summed E-state index contributed by atoms with van der Waals surface area (Å²) < 4.78 is 0. The fourth-order valence-electron chi connectivity index (χ4n) is 3.53. The van der Waals surface area contributed by atoms with Gasteiger partial charge in [0.15, 0.2) is 0 Å². The van der Waals surface area contributed by atoms with Crippen molar-refractivity contribution in [1.29, 1.82) is 0 Å². The summed E-state index contributed by atoms with van der Waals surface area (Å²) in [5, 5.41) is 6.13. The summed E-state index contributed by atoms with van der Waals surface area (Å²) in [7, 11) is 0. The van der Waals surface area contributed by atoms with Gasteiger partial charge in [-0.25, -0.2) is 4.79 Å². The van der Waals surface area contributed by atoms with Gasteiger partial charge < -0.3 is 15.5 Å². The number of nitrogens with zero attached hydrogens (tertiary/aromatic N) is 2. The molecule has 0 bridgehead atoms. The molecule has 1 spiro atoms. The first-order valence-electron chi connectivity index (χ1n) is 7.78. The fourth-order valence-corrected chi connectivity index (χ4v) is 3.53. The lowest BCUT2D eigenvalue weighted by atomic mass is 9.90. The second-order valence-corrected chi connectivity index (χ2v) is 6.15. The Morgan fingerprint density at radius 1 is 1.10 bits per heavy atom. The average molecular weight is 280 g/mol. The average Bonchev–Trinajstić information content (AvgIpc) is 3.03. The molecule has 1 atom stereocenters. The van der Waals surface area contributed by atoms with Crippen LogP contribution in [-0.4, -0.2) is 66.5 Å². The summed E-state index contributed by atoms with van der Waals surface area (Å²) in [6.45, 7) is 5.35. The van der Waals surface area contributed by atoms with E-state index in [1.807, 2.05) is 0 Å². The number of likely N-dealkylation sites (tertiary alicyclic amines) is 1. The molecule has 0 aromatic rings. The van der Waals surface area contributed by atoms with Crippen molar-refractivity contribution in [3.63, 3.8) is 0 Å². The van der Waals surface area contributed by atoms with Crippen LogP contribution in [0.2, 0.25) is 0 Å². The van der Waals surface area contributed by atoms with Crippen molar-refractivity contribution in [2.24, 2.45) is 0 Å². The Morgan fingerprint density at radius 2 is 1.90 bits per heavy atom. The number of hydrogen-bond acceptors (Lipinski definition) is 4. The van der Waals surface area contributed by atoms with E-state index in [1.54, 1.807) is 0 Å². The Hall–Kier alpha value is -1.14. The van der Waals surface area contributed by atoms with Gasteiger partial charge in [0.05, 0.1) is 0 Å². The molecule has 3 saturated heterocycles. The van der Waals surface area contributed by atoms with Gasteiger partial charge in [0.1, 0.15) is 5.54 Å². The molecule has 3 fully saturated rings. The number of urea groups is 1. The predicted octanol–water partition coefficient (Wildman–Crippen LogP) is 0.146. The number of hydrogen-bond donors (Lipinski definition) is 2. The molecule has 3 heterocycles. The third-order valence-corrected chi connectivity index (χ3v) is 4.68. The topological polar surface area (TPSA) is 64.7 Å². The molecular formula is C14H24N4O2. The van der Waals surface area contributed by atoms with Crippen LogP contribution in [0.5, 0.6) is 0 Å². The first-order valence-corrected chi connectivity index (χ1v) is 7.78. The van der Waals surface area contributed by atoms with Gasteiger partial charge in [-0.2, -0.15) is 0 Å². The summed E-state index contributed by atoms with van der Waals surface area (Å²) in [5.74, 6) is -0.0314. The molecule has 112 valence electrons. The van der Waals surface area contributed by atoms with E-state index in [9.17, 15) is 9.59 Å². The molecule has 0 radical (unpaired) electrons. The standard InChI is InChI=1S/C14H24N4O2/c19-12-14(5-3-6-15-11-14)16-13(20)18(12)10-4-9-17-7-1-2-8-17/h15H,1-11H2,(H,16,20). The number of carbonyl (C=O) groups is 2. The molecule has 0 aliphatic carbocycles. The lowest BCUT2D eigenvalue weighted by Crippen LogP contribution is -2.57. The van der Waals surface area contributed by atoms with Gasteiger partial charge in [-0.15, -0.1) is 0 Å². The van der Waals surface area contributed by atoms with Crippen LogP contribution in [0.25, 0.3) is 0 Å². The zero-order valence-electron chi connectivity index (χ0n) is 12.0. The van der Waals surface area contributed by atoms with Crippen LogP contribution in [0, 0.1) is 0 Å². The molecule has 20 heavy (non-hydrogen) atoms. The van der Waals surface area contributed by atoms with Gasteiger partial charge in [-0.05, 0) is 58.3 Å². The molecule has 0 saturated carbocycles. The first kappa shape index (κ1) is 13.8. The molecule has 3 rings (SSSR count). The Bertz CT molecular complexity index is 387. The molecule has 0 aromatic carbocycles. The van der Waals surface area contributed by atoms with Gasteiger partial charge in [0, 0.05) is 13.1 Å². The van der Waals surface area contributed by atoms with Crippen LogP contribution < -0.4 is 10.6 Å². The molecule has 3 amide bonds. The number of rotatable bonds is 4. The summed E-state index contributed by atoms with van der Waals surface area (Å²) in [5.41, 5.74) is -0.664. The monoisotopic (exact) mass is 280 g/mol. The van der Waals surface area contributed by atoms with Crippen LogP contribution in [0.4, 0.5) is 4.79 Å². The predicted molar refractivity (Wildman–Crippen MR) is 75.4 cm³/mol. The second-order valence-electron chi connectivity index (χ2n) is 6.15. The Kier molecular flexibility index (Phi) is 3.94. The lowest BCUT2D eigenvalue weighted by Gasteiger charge is -2.31. The van der Waals surface area contributed by atoms with E-state index >= 15 is 0 Å². The van der Waals surface area contributed by atoms with E-state index in [2.05, 4.69) is 15.5 Å². The minimum absolute atomic E-state index is 0.0314. The van der Waals surface area contributed by atoms with Crippen LogP contribution in [-0.2, 0) is 4.79 Å². The van der Waals surface area contributed by atoms with Gasteiger partial charge in [-0.3, -0.25) is 9.69 Å². The van der Waals surface area contributed by atoms with Gasteiger partial charge in [0.2, 0.25) is 0 Å². The first-order chi connectivity index (χ1) is 9.71. The smallest absolute Gasteiger partial charge is 0.322 e. The SMILES string of the molecule is O=C1NC2(CCCNC2)C(=O)N1CCCN1CCCC1. The fraction of sp³-hybridized carbons (Fsp3) is 0.857.